The minimum atomic E-state index is -0.353. The Labute approximate surface area is 179 Å². The third-order valence-electron chi connectivity index (χ3n) is 5.03. The summed E-state index contributed by atoms with van der Waals surface area (Å²) in [5, 5.41) is 6.40. The largest absolute Gasteiger partial charge is 0.368 e. The number of anilines is 1. The number of rotatable bonds is 7. The Kier molecular flexibility index (Phi) is 6.30. The number of nitrogens with zero attached hydrogens (tertiary/aromatic N) is 2. The average Bonchev–Trinajstić information content (AvgIpc) is 3.39. The van der Waals surface area contributed by atoms with Crippen molar-refractivity contribution < 1.29 is 14.3 Å². The van der Waals surface area contributed by atoms with E-state index in [1.807, 2.05) is 28.8 Å². The molecule has 8 heteroatoms. The highest BCUT2D eigenvalue weighted by Crippen LogP contribution is 2.18. The van der Waals surface area contributed by atoms with Crippen molar-refractivity contribution >= 4 is 40.1 Å². The number of carbonyl (C=O) groups excluding carboxylic acids is 2. The second kappa shape index (κ2) is 9.28. The quantitative estimate of drug-likeness (QED) is 0.607. The molecule has 0 aliphatic carbocycles. The molecule has 2 heterocycles. The summed E-state index contributed by atoms with van der Waals surface area (Å²) >= 11 is 5.90. The number of benzene rings is 2. The molecule has 7 nitrogen and oxygen atoms in total. The van der Waals surface area contributed by atoms with E-state index in [0.29, 0.717) is 30.3 Å². The van der Waals surface area contributed by atoms with Gasteiger partial charge in [-0.25, -0.2) is 4.98 Å². The summed E-state index contributed by atoms with van der Waals surface area (Å²) in [4.78, 5) is 29.5. The molecule has 1 atom stereocenters. The van der Waals surface area contributed by atoms with Gasteiger partial charge in [0.15, 0.2) is 0 Å². The van der Waals surface area contributed by atoms with Gasteiger partial charge in [-0.3, -0.25) is 9.59 Å². The van der Waals surface area contributed by atoms with E-state index in [2.05, 4.69) is 15.6 Å². The molecule has 30 heavy (non-hydrogen) atoms. The lowest BCUT2D eigenvalue weighted by atomic mass is 10.2. The van der Waals surface area contributed by atoms with Crippen molar-refractivity contribution in [1.29, 1.82) is 0 Å². The Bertz CT molecular complexity index is 1040. The fourth-order valence-corrected chi connectivity index (χ4v) is 3.69. The summed E-state index contributed by atoms with van der Waals surface area (Å²) in [6.45, 7) is 1.19. The maximum absolute atomic E-state index is 12.6. The normalized spacial score (nSPS) is 16.0. The van der Waals surface area contributed by atoms with Gasteiger partial charge in [0.25, 0.3) is 0 Å². The van der Waals surface area contributed by atoms with Gasteiger partial charge in [-0.15, -0.1) is 0 Å². The van der Waals surface area contributed by atoms with E-state index in [0.717, 1.165) is 29.7 Å². The van der Waals surface area contributed by atoms with Gasteiger partial charge in [0.2, 0.25) is 11.8 Å². The number of imidazole rings is 1. The lowest BCUT2D eigenvalue weighted by Gasteiger charge is -2.12. The Morgan fingerprint density at radius 2 is 1.97 bits per heavy atom. The smallest absolute Gasteiger partial charge is 0.249 e. The van der Waals surface area contributed by atoms with Crippen molar-refractivity contribution in [2.45, 2.75) is 31.9 Å². The summed E-state index contributed by atoms with van der Waals surface area (Å²) in [5.41, 5.74) is 2.38. The molecule has 1 unspecified atom stereocenters. The van der Waals surface area contributed by atoms with E-state index in [-0.39, 0.29) is 24.5 Å². The second-order valence-electron chi connectivity index (χ2n) is 7.20. The van der Waals surface area contributed by atoms with Crippen LogP contribution in [-0.2, 0) is 27.3 Å². The van der Waals surface area contributed by atoms with Gasteiger partial charge in [-0.05, 0) is 49.2 Å². The molecule has 1 fully saturated rings. The van der Waals surface area contributed by atoms with Crippen LogP contribution in [-0.4, -0.2) is 40.6 Å². The summed E-state index contributed by atoms with van der Waals surface area (Å²) in [7, 11) is 0. The minimum Gasteiger partial charge on any atom is -0.368 e. The topological polar surface area (TPSA) is 85.2 Å². The first-order valence-corrected chi connectivity index (χ1v) is 10.4. The molecule has 1 aliphatic heterocycles. The van der Waals surface area contributed by atoms with Crippen LogP contribution in [0.1, 0.15) is 18.7 Å². The standard InChI is InChI=1S/C22H23ClN4O3/c23-15-7-9-16(10-8-15)25-21(28)14-27-18-5-2-1-4-17(18)26-20(27)11-12-24-22(29)19-6-3-13-30-19/h1-2,4-5,7-10,19H,3,6,11-14H2,(H,24,29)(H,25,28). The highest BCUT2D eigenvalue weighted by atomic mass is 35.5. The van der Waals surface area contributed by atoms with E-state index in [1.54, 1.807) is 24.3 Å². The highest BCUT2D eigenvalue weighted by molar-refractivity contribution is 6.30. The first-order chi connectivity index (χ1) is 14.6. The predicted molar refractivity (Wildman–Crippen MR) is 116 cm³/mol. The van der Waals surface area contributed by atoms with E-state index in [1.165, 1.54) is 0 Å². The molecule has 2 aromatic carbocycles. The number of nitrogens with one attached hydrogen (secondary N) is 2. The molecule has 1 saturated heterocycles. The molecule has 1 aliphatic rings. The van der Waals surface area contributed by atoms with Gasteiger partial charge in [0.1, 0.15) is 18.5 Å². The molecule has 0 radical (unpaired) electrons. The first-order valence-electron chi connectivity index (χ1n) is 9.99. The zero-order valence-electron chi connectivity index (χ0n) is 16.4. The number of halogens is 1. The average molecular weight is 427 g/mol. The van der Waals surface area contributed by atoms with Crippen LogP contribution in [0.3, 0.4) is 0 Å². The lowest BCUT2D eigenvalue weighted by Crippen LogP contribution is -2.35. The predicted octanol–water partition coefficient (Wildman–Crippen LogP) is 3.17. The monoisotopic (exact) mass is 426 g/mol. The molecule has 1 aromatic heterocycles. The van der Waals surface area contributed by atoms with Crippen LogP contribution in [0.5, 0.6) is 0 Å². The minimum absolute atomic E-state index is 0.0874. The van der Waals surface area contributed by atoms with Crippen molar-refractivity contribution in [3.63, 3.8) is 0 Å². The maximum Gasteiger partial charge on any atom is 0.249 e. The van der Waals surface area contributed by atoms with Crippen molar-refractivity contribution in [2.24, 2.45) is 0 Å². The number of aromatic nitrogens is 2. The number of carbonyl (C=O) groups is 2. The molecule has 0 saturated carbocycles. The van der Waals surface area contributed by atoms with Gasteiger partial charge in [0, 0.05) is 30.3 Å². The van der Waals surface area contributed by atoms with Crippen LogP contribution in [0.2, 0.25) is 5.02 Å². The zero-order chi connectivity index (χ0) is 20.9. The Hall–Kier alpha value is -2.90. The second-order valence-corrected chi connectivity index (χ2v) is 7.64. The molecule has 156 valence electrons. The third-order valence-corrected chi connectivity index (χ3v) is 5.29. The highest BCUT2D eigenvalue weighted by Gasteiger charge is 2.23. The molecular formula is C22H23ClN4O3. The first kappa shape index (κ1) is 20.4. The van der Waals surface area contributed by atoms with Crippen molar-refractivity contribution in [3.05, 3.63) is 59.4 Å². The lowest BCUT2D eigenvalue weighted by molar-refractivity contribution is -0.130. The van der Waals surface area contributed by atoms with Gasteiger partial charge in [0.05, 0.1) is 11.0 Å². The number of amides is 2. The number of para-hydroxylation sites is 2. The number of hydrogen-bond donors (Lipinski definition) is 2. The van der Waals surface area contributed by atoms with Crippen molar-refractivity contribution in [2.75, 3.05) is 18.5 Å². The number of ether oxygens (including phenoxy) is 1. The van der Waals surface area contributed by atoms with E-state index in [4.69, 9.17) is 16.3 Å². The molecular weight excluding hydrogens is 404 g/mol. The molecule has 0 bridgehead atoms. The van der Waals surface area contributed by atoms with Gasteiger partial charge < -0.3 is 19.9 Å². The SMILES string of the molecule is O=C(Cn1c(CCNC(=O)C2CCCO2)nc2ccccc21)Nc1ccc(Cl)cc1. The zero-order valence-corrected chi connectivity index (χ0v) is 17.2. The van der Waals surface area contributed by atoms with Gasteiger partial charge in [-0.2, -0.15) is 0 Å². The Morgan fingerprint density at radius 3 is 2.73 bits per heavy atom. The maximum atomic E-state index is 12.6. The van der Waals surface area contributed by atoms with Crippen LogP contribution in [0.4, 0.5) is 5.69 Å². The fourth-order valence-electron chi connectivity index (χ4n) is 3.57. The van der Waals surface area contributed by atoms with Crippen molar-refractivity contribution in [3.8, 4) is 0 Å². The van der Waals surface area contributed by atoms with E-state index < -0.39 is 0 Å². The number of hydrogen-bond acceptors (Lipinski definition) is 4. The molecule has 2 amide bonds. The molecule has 0 spiro atoms. The van der Waals surface area contributed by atoms with Gasteiger partial charge in [-0.1, -0.05) is 23.7 Å². The number of fused-ring (bicyclic) bond motifs is 1. The molecule has 2 N–H and O–H groups in total. The fraction of sp³-hybridized carbons (Fsp3) is 0.318. The Morgan fingerprint density at radius 1 is 1.17 bits per heavy atom. The summed E-state index contributed by atoms with van der Waals surface area (Å²) < 4.78 is 7.30. The molecule has 4 rings (SSSR count). The van der Waals surface area contributed by atoms with Crippen LogP contribution < -0.4 is 10.6 Å². The van der Waals surface area contributed by atoms with Crippen LogP contribution >= 0.6 is 11.6 Å². The third kappa shape index (κ3) is 4.80. The Balaban J connectivity index is 1.45. The van der Waals surface area contributed by atoms with Crippen LogP contribution in [0.25, 0.3) is 11.0 Å². The van der Waals surface area contributed by atoms with Crippen LogP contribution in [0, 0.1) is 0 Å². The summed E-state index contributed by atoms with van der Waals surface area (Å²) in [6, 6.07) is 14.7. The summed E-state index contributed by atoms with van der Waals surface area (Å²) in [6.07, 6.45) is 1.83. The molecule has 3 aromatic rings. The van der Waals surface area contributed by atoms with Crippen molar-refractivity contribution in [1.82, 2.24) is 14.9 Å². The van der Waals surface area contributed by atoms with Gasteiger partial charge >= 0.3 is 0 Å². The van der Waals surface area contributed by atoms with E-state index in [9.17, 15) is 9.59 Å². The summed E-state index contributed by atoms with van der Waals surface area (Å²) in [5.74, 6) is 0.496. The van der Waals surface area contributed by atoms with E-state index >= 15 is 0 Å². The van der Waals surface area contributed by atoms with Crippen LogP contribution in [0.15, 0.2) is 48.5 Å².